The van der Waals surface area contributed by atoms with Crippen LogP contribution in [0.1, 0.15) is 11.7 Å². The molecule has 1 aromatic rings. The van der Waals surface area contributed by atoms with E-state index >= 15 is 0 Å². The minimum absolute atomic E-state index is 0.570. The summed E-state index contributed by atoms with van der Waals surface area (Å²) in [6, 6.07) is 5.47. The summed E-state index contributed by atoms with van der Waals surface area (Å²) in [6.07, 6.45) is -0.570. The summed E-state index contributed by atoms with van der Waals surface area (Å²) in [5.41, 5.74) is 0.787. The minimum atomic E-state index is -0.570. The highest BCUT2D eigenvalue weighted by Crippen LogP contribution is 2.29. The highest BCUT2D eigenvalue weighted by Gasteiger charge is 2.19. The van der Waals surface area contributed by atoms with Crippen molar-refractivity contribution in [3.63, 3.8) is 0 Å². The number of ether oxygens (including phenoxy) is 3. The summed E-state index contributed by atoms with van der Waals surface area (Å²) in [5, 5.41) is 10.3. The van der Waals surface area contributed by atoms with Gasteiger partial charge in [0.15, 0.2) is 0 Å². The minimum Gasteiger partial charge on any atom is -0.497 e. The second-order valence-electron chi connectivity index (χ2n) is 4.54. The molecule has 1 aliphatic rings. The van der Waals surface area contributed by atoms with Crippen molar-refractivity contribution in [2.24, 2.45) is 0 Å². The molecule has 1 fully saturated rings. The van der Waals surface area contributed by atoms with E-state index in [1.54, 1.807) is 20.3 Å². The fourth-order valence-electron chi connectivity index (χ4n) is 2.22. The molecular formula is C14H21NO4. The predicted octanol–water partition coefficient (Wildman–Crippen LogP) is 1.07. The number of rotatable bonds is 5. The SMILES string of the molecule is COc1ccc(C(O)CN2CCOCC2)c(OC)c1. The lowest BCUT2D eigenvalue weighted by molar-refractivity contribution is 0.0139. The molecule has 0 radical (unpaired) electrons. The zero-order valence-corrected chi connectivity index (χ0v) is 11.5. The fourth-order valence-corrected chi connectivity index (χ4v) is 2.22. The summed E-state index contributed by atoms with van der Waals surface area (Å²) in [7, 11) is 3.21. The molecule has 1 saturated heterocycles. The molecule has 0 aliphatic carbocycles. The van der Waals surface area contributed by atoms with E-state index in [4.69, 9.17) is 14.2 Å². The molecule has 0 aromatic heterocycles. The molecule has 1 aromatic carbocycles. The van der Waals surface area contributed by atoms with E-state index in [0.29, 0.717) is 12.3 Å². The quantitative estimate of drug-likeness (QED) is 0.865. The number of benzene rings is 1. The molecule has 1 heterocycles. The van der Waals surface area contributed by atoms with E-state index in [1.807, 2.05) is 12.1 Å². The lowest BCUT2D eigenvalue weighted by atomic mass is 10.1. The highest BCUT2D eigenvalue weighted by atomic mass is 16.5. The van der Waals surface area contributed by atoms with Gasteiger partial charge in [0.25, 0.3) is 0 Å². The molecule has 1 N–H and O–H groups in total. The molecule has 5 nitrogen and oxygen atoms in total. The van der Waals surface area contributed by atoms with Crippen molar-refractivity contribution >= 4 is 0 Å². The maximum atomic E-state index is 10.3. The molecule has 0 spiro atoms. The van der Waals surface area contributed by atoms with Crippen molar-refractivity contribution in [2.45, 2.75) is 6.10 Å². The summed E-state index contributed by atoms with van der Waals surface area (Å²) in [5.74, 6) is 1.37. The smallest absolute Gasteiger partial charge is 0.128 e. The number of morpholine rings is 1. The third-order valence-corrected chi connectivity index (χ3v) is 3.33. The van der Waals surface area contributed by atoms with Gasteiger partial charge in [-0.15, -0.1) is 0 Å². The van der Waals surface area contributed by atoms with Gasteiger partial charge in [-0.05, 0) is 12.1 Å². The van der Waals surface area contributed by atoms with Crippen LogP contribution >= 0.6 is 0 Å². The Morgan fingerprint density at radius 3 is 2.63 bits per heavy atom. The molecule has 106 valence electrons. The first kappa shape index (κ1) is 14.1. The molecule has 1 atom stereocenters. The topological polar surface area (TPSA) is 51.2 Å². The van der Waals surface area contributed by atoms with E-state index in [1.165, 1.54) is 0 Å². The van der Waals surface area contributed by atoms with Gasteiger partial charge in [-0.2, -0.15) is 0 Å². The Hall–Kier alpha value is -1.30. The summed E-state index contributed by atoms with van der Waals surface area (Å²) in [4.78, 5) is 2.19. The van der Waals surface area contributed by atoms with Crippen LogP contribution in [0.2, 0.25) is 0 Å². The molecular weight excluding hydrogens is 246 g/mol. The number of aliphatic hydroxyl groups is 1. The van der Waals surface area contributed by atoms with Gasteiger partial charge in [0.05, 0.1) is 33.5 Å². The van der Waals surface area contributed by atoms with E-state index in [9.17, 15) is 5.11 Å². The zero-order valence-electron chi connectivity index (χ0n) is 11.5. The first-order valence-electron chi connectivity index (χ1n) is 6.44. The largest absolute Gasteiger partial charge is 0.497 e. The van der Waals surface area contributed by atoms with Crippen molar-refractivity contribution in [1.29, 1.82) is 0 Å². The van der Waals surface area contributed by atoms with Crippen molar-refractivity contribution in [2.75, 3.05) is 47.1 Å². The van der Waals surface area contributed by atoms with Crippen LogP contribution in [-0.2, 0) is 4.74 Å². The van der Waals surface area contributed by atoms with E-state index in [0.717, 1.165) is 37.6 Å². The van der Waals surface area contributed by atoms with Crippen LogP contribution in [0, 0.1) is 0 Å². The Labute approximate surface area is 113 Å². The van der Waals surface area contributed by atoms with Gasteiger partial charge in [0.1, 0.15) is 11.5 Å². The molecule has 5 heteroatoms. The predicted molar refractivity (Wildman–Crippen MR) is 71.8 cm³/mol. The number of nitrogens with zero attached hydrogens (tertiary/aromatic N) is 1. The van der Waals surface area contributed by atoms with Crippen molar-refractivity contribution in [3.05, 3.63) is 23.8 Å². The molecule has 19 heavy (non-hydrogen) atoms. The van der Waals surface area contributed by atoms with Gasteiger partial charge in [0, 0.05) is 31.3 Å². The maximum Gasteiger partial charge on any atom is 0.128 e. The molecule has 1 aliphatic heterocycles. The number of β-amino-alcohol motifs (C(OH)–C–C–N with tert-alkyl or cyclic N) is 1. The van der Waals surface area contributed by atoms with E-state index < -0.39 is 6.10 Å². The monoisotopic (exact) mass is 267 g/mol. The average Bonchev–Trinajstić information content (AvgIpc) is 2.47. The standard InChI is InChI=1S/C14H21NO4/c1-17-11-3-4-12(14(9-11)18-2)13(16)10-15-5-7-19-8-6-15/h3-4,9,13,16H,5-8,10H2,1-2H3. The third-order valence-electron chi connectivity index (χ3n) is 3.33. The number of aliphatic hydroxyl groups excluding tert-OH is 1. The van der Waals surface area contributed by atoms with Crippen LogP contribution in [0.5, 0.6) is 11.5 Å². The lowest BCUT2D eigenvalue weighted by Crippen LogP contribution is -2.38. The first-order chi connectivity index (χ1) is 9.24. The van der Waals surface area contributed by atoms with Crippen LogP contribution in [0.25, 0.3) is 0 Å². The van der Waals surface area contributed by atoms with Gasteiger partial charge >= 0.3 is 0 Å². The third kappa shape index (κ3) is 3.59. The van der Waals surface area contributed by atoms with Gasteiger partial charge in [-0.3, -0.25) is 4.90 Å². The molecule has 0 saturated carbocycles. The molecule has 2 rings (SSSR count). The summed E-state index contributed by atoms with van der Waals surface area (Å²) < 4.78 is 15.8. The highest BCUT2D eigenvalue weighted by molar-refractivity contribution is 5.42. The Bertz CT molecular complexity index is 404. The Balaban J connectivity index is 2.06. The Morgan fingerprint density at radius 2 is 2.00 bits per heavy atom. The zero-order chi connectivity index (χ0) is 13.7. The van der Waals surface area contributed by atoms with Crippen LogP contribution in [0.4, 0.5) is 0 Å². The number of methoxy groups -OCH3 is 2. The van der Waals surface area contributed by atoms with Gasteiger partial charge in [-0.25, -0.2) is 0 Å². The molecule has 0 bridgehead atoms. The van der Waals surface area contributed by atoms with Gasteiger partial charge < -0.3 is 19.3 Å². The van der Waals surface area contributed by atoms with Crippen LogP contribution in [0.15, 0.2) is 18.2 Å². The van der Waals surface area contributed by atoms with E-state index in [2.05, 4.69) is 4.90 Å². The Morgan fingerprint density at radius 1 is 1.26 bits per heavy atom. The average molecular weight is 267 g/mol. The Kier molecular flexibility index (Phi) is 5.01. The van der Waals surface area contributed by atoms with Crippen LogP contribution < -0.4 is 9.47 Å². The van der Waals surface area contributed by atoms with Crippen molar-refractivity contribution in [3.8, 4) is 11.5 Å². The normalized spacial score (nSPS) is 18.1. The van der Waals surface area contributed by atoms with Crippen LogP contribution in [-0.4, -0.2) is 57.1 Å². The fraction of sp³-hybridized carbons (Fsp3) is 0.571. The second kappa shape index (κ2) is 6.75. The van der Waals surface area contributed by atoms with Crippen molar-refractivity contribution in [1.82, 2.24) is 4.90 Å². The molecule has 1 unspecified atom stereocenters. The van der Waals surface area contributed by atoms with Gasteiger partial charge in [-0.1, -0.05) is 0 Å². The summed E-state index contributed by atoms with van der Waals surface area (Å²) >= 11 is 0. The van der Waals surface area contributed by atoms with Crippen molar-refractivity contribution < 1.29 is 19.3 Å². The van der Waals surface area contributed by atoms with Crippen LogP contribution in [0.3, 0.4) is 0 Å². The van der Waals surface area contributed by atoms with Gasteiger partial charge in [0.2, 0.25) is 0 Å². The lowest BCUT2D eigenvalue weighted by Gasteiger charge is -2.29. The second-order valence-corrected chi connectivity index (χ2v) is 4.54. The number of hydrogen-bond donors (Lipinski definition) is 1. The maximum absolute atomic E-state index is 10.3. The molecule has 0 amide bonds. The first-order valence-corrected chi connectivity index (χ1v) is 6.44. The summed E-state index contributed by atoms with van der Waals surface area (Å²) in [6.45, 7) is 3.76. The number of hydrogen-bond acceptors (Lipinski definition) is 5. The van der Waals surface area contributed by atoms with E-state index in [-0.39, 0.29) is 0 Å².